The number of hydrogen-bond donors (Lipinski definition) is 34. The third kappa shape index (κ3) is 48.3. The van der Waals surface area contributed by atoms with Gasteiger partial charge in [-0.3, -0.25) is 107 Å². The normalized spacial score (nSPS) is 14.1. The number of amides is 19. The Bertz CT molecular complexity index is 3890. The van der Waals surface area contributed by atoms with Crippen LogP contribution in [0.1, 0.15) is 142 Å². The van der Waals surface area contributed by atoms with Crippen LogP contribution in [0.3, 0.4) is 0 Å². The molecule has 0 heterocycles. The lowest BCUT2D eigenvalue weighted by molar-refractivity contribution is -0.136. The maximum atomic E-state index is 14.6. The first-order valence-electron chi connectivity index (χ1n) is 41.5. The number of aliphatic hydroxyl groups excluding tert-OH is 2. The lowest BCUT2D eigenvalue weighted by atomic mass is 10.0. The van der Waals surface area contributed by atoms with Gasteiger partial charge in [0.05, 0.1) is 45.3 Å². The molecule has 0 saturated carbocycles. The van der Waals surface area contributed by atoms with Gasteiger partial charge in [-0.25, -0.2) is 0 Å². The Labute approximate surface area is 738 Å². The number of nitrogens with two attached hydrogens (primary N) is 10. The van der Waals surface area contributed by atoms with E-state index in [4.69, 9.17) is 73.6 Å². The highest BCUT2D eigenvalue weighted by Gasteiger charge is 2.38. The summed E-state index contributed by atoms with van der Waals surface area (Å²) in [5.41, 5.74) is 55.6. The molecule has 0 aromatic heterocycles. The molecule has 44 N–H and O–H groups in total. The molecule has 718 valence electrons. The predicted octanol–water partition coefficient (Wildman–Crippen LogP) is -14.9. The lowest BCUT2D eigenvalue weighted by Crippen LogP contribution is -2.61. The molecule has 1 aromatic carbocycles. The second-order valence-electron chi connectivity index (χ2n) is 29.6. The van der Waals surface area contributed by atoms with Crippen molar-refractivity contribution in [3.8, 4) is 0 Å². The van der Waals surface area contributed by atoms with Crippen LogP contribution in [-0.4, -0.2) is 297 Å². The maximum Gasteiger partial charge on any atom is 0.245 e. The smallest absolute Gasteiger partial charge is 0.245 e. The number of aliphatic hydroxyl groups is 2. The first kappa shape index (κ1) is 113. The Morgan fingerprint density at radius 2 is 0.664 bits per heavy atom. The molecule has 53 nitrogen and oxygen atoms in total. The highest BCUT2D eigenvalue weighted by Crippen LogP contribution is 2.13. The molecule has 0 spiro atoms. The number of guanidine groups is 3. The van der Waals surface area contributed by atoms with Crippen molar-refractivity contribution >= 4 is 130 Å². The number of benzene rings is 1. The monoisotopic (exact) mass is 1820 g/mol. The van der Waals surface area contributed by atoms with Crippen LogP contribution in [0.15, 0.2) is 30.3 Å². The molecule has 53 heteroatoms. The third-order valence-electron chi connectivity index (χ3n) is 18.8. The van der Waals surface area contributed by atoms with Gasteiger partial charge in [-0.15, -0.1) is 0 Å². The number of rotatable bonds is 66. The molecule has 19 amide bonds. The van der Waals surface area contributed by atoms with Crippen molar-refractivity contribution in [2.45, 2.75) is 227 Å². The van der Waals surface area contributed by atoms with E-state index in [1.165, 1.54) is 6.92 Å². The summed E-state index contributed by atoms with van der Waals surface area (Å²) in [6, 6.07) is -12.4. The number of hydrogen-bond acceptors (Lipinski definition) is 28. The summed E-state index contributed by atoms with van der Waals surface area (Å²) in [5.74, 6) is -20.2. The topological polar surface area (TPSA) is 925 Å². The molecule has 0 aliphatic carbocycles. The predicted molar refractivity (Wildman–Crippen MR) is 461 cm³/mol. The minimum Gasteiger partial charge on any atom is -0.394 e. The standard InChI is InChI=1S/C75H132N32O21/c1-39(95-57(114)37-94-72(128)59(41(3)109)107-70(126)50(32-42-16-5-4-6-17-42)97-58(115)36-93-56(113)35-92-55(112)34-79)61(117)99-47(21-13-29-89-73(83)84)64(120)103-46(20-9-12-28-78)68(124)106-52(38-108)71(127)96-40(2)62(118)100-48(22-14-30-90-74(85)86)65(121)101-44(18-7-10-26-76)63(119)104-49(23-15-31-91-75(87)88)66(122)102-45(19-8-11-27-77)67(123)105-51(33-54(81)111)69(125)98-43(60(82)116)24-25-53(80)110/h4-6,16-17,39-41,43-52,59,108-109H,7-15,18-38,76-79H2,1-3H3,(H2,80,110)(H2,81,111)(H2,82,116)(H,92,112)(H,93,113)(H,94,128)(H,95,114)(H,96,127)(H,97,115)(H,98,125)(H,99,117)(H,100,118)(H,101,121)(H,102,122)(H,103,120)(H,104,119)(H,105,123)(H,106,124)(H,107,126)(H4,83,84,89)(H4,85,86,90)(H4,87,88,91)/t39-,40-,41+,43-,44-,45-,46-,47-,48-,49-,50-,51-,52-,59-/m0/s1. The Balaban J connectivity index is 3.56. The zero-order valence-corrected chi connectivity index (χ0v) is 72.1. The molecule has 1 aromatic rings. The van der Waals surface area contributed by atoms with Crippen molar-refractivity contribution in [1.82, 2.24) is 101 Å². The van der Waals surface area contributed by atoms with Gasteiger partial charge in [0.15, 0.2) is 17.9 Å². The number of primary amides is 3. The Kier molecular flexibility index (Phi) is 55.3. The van der Waals surface area contributed by atoms with Crippen LogP contribution in [-0.2, 0) is 97.5 Å². The van der Waals surface area contributed by atoms with Gasteiger partial charge in [-0.1, -0.05) is 30.3 Å². The second-order valence-corrected chi connectivity index (χ2v) is 29.6. The molecule has 0 radical (unpaired) electrons. The van der Waals surface area contributed by atoms with Crippen LogP contribution >= 0.6 is 0 Å². The van der Waals surface area contributed by atoms with Gasteiger partial charge in [0.25, 0.3) is 0 Å². The van der Waals surface area contributed by atoms with E-state index in [0.29, 0.717) is 24.8 Å². The number of unbranched alkanes of at least 4 members (excludes halogenated alkanes) is 3. The zero-order valence-electron chi connectivity index (χ0n) is 72.1. The molecule has 0 aliphatic heterocycles. The summed E-state index contributed by atoms with van der Waals surface area (Å²) in [5, 5.41) is 90.2. The molecular formula is C75H132N32O21. The number of carbonyl (C=O) groups is 19. The Hall–Kier alpha value is -13.3. The zero-order chi connectivity index (χ0) is 96.5. The van der Waals surface area contributed by atoms with Crippen LogP contribution in [0.5, 0.6) is 0 Å². The number of nitrogens with one attached hydrogen (secondary N) is 22. The van der Waals surface area contributed by atoms with E-state index in [1.807, 2.05) is 0 Å². The highest BCUT2D eigenvalue weighted by atomic mass is 16.3. The molecule has 0 saturated heterocycles. The summed E-state index contributed by atoms with van der Waals surface area (Å²) in [6.45, 7) is 0.236. The largest absolute Gasteiger partial charge is 0.394 e. The highest BCUT2D eigenvalue weighted by molar-refractivity contribution is 6.01. The van der Waals surface area contributed by atoms with E-state index in [-0.39, 0.29) is 129 Å². The lowest BCUT2D eigenvalue weighted by Gasteiger charge is -2.28. The average Bonchev–Trinajstić information content (AvgIpc) is 0.870. The summed E-state index contributed by atoms with van der Waals surface area (Å²) in [7, 11) is 0. The molecule has 0 aliphatic rings. The van der Waals surface area contributed by atoms with E-state index >= 15 is 0 Å². The molecule has 0 fully saturated rings. The fourth-order valence-electron chi connectivity index (χ4n) is 11.8. The van der Waals surface area contributed by atoms with Gasteiger partial charge in [0.2, 0.25) is 112 Å². The second kappa shape index (κ2) is 62.8. The SMILES string of the molecule is C[C@H](NC(=O)CNC(=O)[C@@H](NC(=O)[C@H](Cc1ccccc1)NC(=O)CNC(=O)CNC(=O)CN)[C@@H](C)O)C(=O)N[C@@H](CCCNC(=N)N)C(=O)N[C@@H](CCCCN)C(=O)N[C@@H](CO)C(=O)N[C@@H](C)C(=O)N[C@@H](CCCNC(=N)N)C(=O)N[C@@H](CCCCN)C(=O)N[C@@H](CCCNC(=N)N)C(=O)N[C@@H](CCCCN)C(=O)N[C@@H](CC(N)=O)C(=O)N[C@@H](CCC(N)=O)C(N)=O. The summed E-state index contributed by atoms with van der Waals surface area (Å²) < 4.78 is 0. The van der Waals surface area contributed by atoms with Gasteiger partial charge >= 0.3 is 0 Å². The first-order chi connectivity index (χ1) is 60.5. The van der Waals surface area contributed by atoms with Gasteiger partial charge in [0, 0.05) is 32.5 Å². The van der Waals surface area contributed by atoms with Crippen molar-refractivity contribution in [2.24, 2.45) is 57.3 Å². The van der Waals surface area contributed by atoms with Gasteiger partial charge in [-0.2, -0.15) is 0 Å². The van der Waals surface area contributed by atoms with Gasteiger partial charge in [0.1, 0.15) is 78.5 Å². The molecule has 14 atom stereocenters. The average molecular weight is 1820 g/mol. The van der Waals surface area contributed by atoms with Gasteiger partial charge < -0.3 is 169 Å². The summed E-state index contributed by atoms with van der Waals surface area (Å²) in [4.78, 5) is 255. The quantitative estimate of drug-likeness (QED) is 0.0164. The van der Waals surface area contributed by atoms with Crippen LogP contribution < -0.4 is 158 Å². The molecule has 0 bridgehead atoms. The first-order valence-corrected chi connectivity index (χ1v) is 41.5. The fourth-order valence-corrected chi connectivity index (χ4v) is 11.8. The van der Waals surface area contributed by atoms with Crippen LogP contribution in [0.25, 0.3) is 0 Å². The minimum absolute atomic E-state index is 0.00509. The van der Waals surface area contributed by atoms with Crippen molar-refractivity contribution in [3.63, 3.8) is 0 Å². The molecular weight excluding hydrogens is 1690 g/mol. The van der Waals surface area contributed by atoms with Gasteiger partial charge in [-0.05, 0) is 149 Å². The van der Waals surface area contributed by atoms with E-state index in [0.717, 1.165) is 13.8 Å². The van der Waals surface area contributed by atoms with E-state index in [9.17, 15) is 101 Å². The fraction of sp³-hybridized carbons (Fsp3) is 0.627. The van der Waals surface area contributed by atoms with Crippen molar-refractivity contribution < 1.29 is 101 Å². The molecule has 1 rings (SSSR count). The van der Waals surface area contributed by atoms with Crippen molar-refractivity contribution in [1.29, 1.82) is 16.2 Å². The Morgan fingerprint density at radius 1 is 0.328 bits per heavy atom. The molecule has 128 heavy (non-hydrogen) atoms. The minimum atomic E-state index is -1.87. The maximum absolute atomic E-state index is 14.6. The van der Waals surface area contributed by atoms with Crippen LogP contribution in [0.4, 0.5) is 0 Å². The van der Waals surface area contributed by atoms with Crippen molar-refractivity contribution in [2.75, 3.05) is 72.1 Å². The third-order valence-corrected chi connectivity index (χ3v) is 18.8. The molecule has 0 unspecified atom stereocenters. The van der Waals surface area contributed by atoms with Crippen molar-refractivity contribution in [3.05, 3.63) is 35.9 Å². The van der Waals surface area contributed by atoms with Crippen LogP contribution in [0, 0.1) is 16.2 Å². The summed E-state index contributed by atoms with van der Waals surface area (Å²) in [6.07, 6.45) is -3.07. The van der Waals surface area contributed by atoms with Crippen LogP contribution in [0.2, 0.25) is 0 Å². The number of carbonyl (C=O) groups excluding carboxylic acids is 19. The van der Waals surface area contributed by atoms with E-state index < -0.39 is 260 Å². The Morgan fingerprint density at radius 3 is 1.04 bits per heavy atom. The van der Waals surface area contributed by atoms with E-state index in [1.54, 1.807) is 30.3 Å². The summed E-state index contributed by atoms with van der Waals surface area (Å²) >= 11 is 0. The van der Waals surface area contributed by atoms with E-state index in [2.05, 4.69) is 101 Å².